The van der Waals surface area contributed by atoms with Crippen LogP contribution in [0.25, 0.3) is 11.4 Å². The first kappa shape index (κ1) is 16.4. The quantitative estimate of drug-likeness (QED) is 0.895. The Balaban J connectivity index is 0.00000176. The van der Waals surface area contributed by atoms with Gasteiger partial charge >= 0.3 is 0 Å². The largest absolute Gasteiger partial charge is 0.343 e. The van der Waals surface area contributed by atoms with Crippen molar-refractivity contribution in [2.45, 2.75) is 31.3 Å². The number of rotatable bonds is 4. The number of carbonyl (C=O) groups is 1. The number of aromatic nitrogens is 2. The molecular weight excluding hydrogens is 311 g/mol. The molecule has 0 spiro atoms. The van der Waals surface area contributed by atoms with Gasteiger partial charge in [0, 0.05) is 5.56 Å². The van der Waals surface area contributed by atoms with Crippen molar-refractivity contribution in [3.05, 3.63) is 36.0 Å². The van der Waals surface area contributed by atoms with Crippen LogP contribution in [0.2, 0.25) is 0 Å². The van der Waals surface area contributed by atoms with E-state index in [9.17, 15) is 9.18 Å². The smallest absolute Gasteiger partial charge is 0.249 e. The minimum absolute atomic E-state index is 0. The van der Waals surface area contributed by atoms with Gasteiger partial charge in [0.15, 0.2) is 0 Å². The van der Waals surface area contributed by atoms with Crippen molar-refractivity contribution >= 4 is 18.3 Å². The second-order valence-electron chi connectivity index (χ2n) is 5.32. The van der Waals surface area contributed by atoms with Gasteiger partial charge in [0.1, 0.15) is 11.9 Å². The number of amides is 1. The molecule has 8 heteroatoms. The van der Waals surface area contributed by atoms with Crippen LogP contribution >= 0.6 is 12.4 Å². The van der Waals surface area contributed by atoms with Gasteiger partial charge in [0.05, 0.1) is 5.54 Å². The number of nitrogens with zero attached hydrogens (tertiary/aromatic N) is 2. The lowest BCUT2D eigenvalue weighted by atomic mass is 10.2. The molecule has 1 aliphatic carbocycles. The Labute approximate surface area is 132 Å². The van der Waals surface area contributed by atoms with E-state index in [0.29, 0.717) is 18.4 Å². The zero-order valence-corrected chi connectivity index (χ0v) is 12.7. The van der Waals surface area contributed by atoms with Gasteiger partial charge in [-0.15, -0.1) is 12.4 Å². The topological polar surface area (TPSA) is 94.0 Å². The van der Waals surface area contributed by atoms with Gasteiger partial charge < -0.3 is 15.6 Å². The molecule has 0 aliphatic heterocycles. The highest BCUT2D eigenvalue weighted by Crippen LogP contribution is 2.32. The van der Waals surface area contributed by atoms with E-state index in [1.807, 2.05) is 0 Å². The molecule has 22 heavy (non-hydrogen) atoms. The Morgan fingerprint density at radius 2 is 2.23 bits per heavy atom. The van der Waals surface area contributed by atoms with Gasteiger partial charge in [-0.25, -0.2) is 4.39 Å². The second-order valence-corrected chi connectivity index (χ2v) is 5.32. The lowest BCUT2D eigenvalue weighted by Gasteiger charge is -2.13. The molecule has 1 saturated carbocycles. The third-order valence-corrected chi connectivity index (χ3v) is 3.48. The van der Waals surface area contributed by atoms with Crippen molar-refractivity contribution < 1.29 is 13.7 Å². The molecule has 118 valence electrons. The molecule has 2 aromatic rings. The van der Waals surface area contributed by atoms with Gasteiger partial charge in [0.25, 0.3) is 0 Å². The Kier molecular flexibility index (Phi) is 4.48. The predicted molar refractivity (Wildman–Crippen MR) is 79.7 cm³/mol. The molecule has 0 saturated heterocycles. The minimum atomic E-state index is -0.750. The van der Waals surface area contributed by atoms with Crippen LogP contribution < -0.4 is 11.1 Å². The summed E-state index contributed by atoms with van der Waals surface area (Å²) in [5, 5.41) is 6.54. The number of benzene rings is 1. The third-order valence-electron chi connectivity index (χ3n) is 3.48. The average Bonchev–Trinajstić information content (AvgIpc) is 3.03. The summed E-state index contributed by atoms with van der Waals surface area (Å²) < 4.78 is 18.3. The lowest BCUT2D eigenvalue weighted by Crippen LogP contribution is -2.43. The molecule has 1 atom stereocenters. The summed E-state index contributed by atoms with van der Waals surface area (Å²) in [4.78, 5) is 16.0. The van der Waals surface area contributed by atoms with Gasteiger partial charge in [-0.1, -0.05) is 17.3 Å². The highest BCUT2D eigenvalue weighted by molar-refractivity contribution is 5.89. The van der Waals surface area contributed by atoms with Crippen molar-refractivity contribution in [2.24, 2.45) is 5.73 Å². The summed E-state index contributed by atoms with van der Waals surface area (Å²) in [5.74, 6) is -0.0640. The van der Waals surface area contributed by atoms with Crippen LogP contribution in [0.1, 0.15) is 31.7 Å². The maximum absolute atomic E-state index is 13.2. The van der Waals surface area contributed by atoms with Gasteiger partial charge in [-0.05, 0) is 31.9 Å². The summed E-state index contributed by atoms with van der Waals surface area (Å²) in [6.07, 6.45) is 1.37. The molecule has 1 fully saturated rings. The monoisotopic (exact) mass is 326 g/mol. The fraction of sp³-hybridized carbons (Fsp3) is 0.357. The molecule has 3 rings (SSSR count). The molecule has 1 aliphatic rings. The molecule has 1 aromatic carbocycles. The zero-order valence-electron chi connectivity index (χ0n) is 11.9. The number of hydrogen-bond acceptors (Lipinski definition) is 5. The summed E-state index contributed by atoms with van der Waals surface area (Å²) in [6.45, 7) is 1.73. The molecular formula is C14H16ClFN4O2. The summed E-state index contributed by atoms with van der Waals surface area (Å²) in [7, 11) is 0. The van der Waals surface area contributed by atoms with E-state index in [2.05, 4.69) is 15.5 Å². The summed E-state index contributed by atoms with van der Waals surface area (Å²) in [6, 6.07) is 5.45. The van der Waals surface area contributed by atoms with Crippen molar-refractivity contribution in [3.63, 3.8) is 0 Å². The number of nitrogens with two attached hydrogens (primary N) is 1. The van der Waals surface area contributed by atoms with E-state index in [0.717, 1.165) is 0 Å². The maximum atomic E-state index is 13.2. The predicted octanol–water partition coefficient (Wildman–Crippen LogP) is 1.97. The summed E-state index contributed by atoms with van der Waals surface area (Å²) in [5.41, 5.74) is 5.57. The van der Waals surface area contributed by atoms with Crippen LogP contribution in [0.4, 0.5) is 4.39 Å². The van der Waals surface area contributed by atoms with E-state index in [4.69, 9.17) is 10.3 Å². The van der Waals surface area contributed by atoms with Crippen LogP contribution in [-0.2, 0) is 4.79 Å². The van der Waals surface area contributed by atoms with Gasteiger partial charge in [-0.2, -0.15) is 4.98 Å². The average molecular weight is 327 g/mol. The fourth-order valence-electron chi connectivity index (χ4n) is 1.92. The molecule has 1 unspecified atom stereocenters. The first-order valence-corrected chi connectivity index (χ1v) is 6.67. The van der Waals surface area contributed by atoms with Crippen LogP contribution in [0.3, 0.4) is 0 Å². The standard InChI is InChI=1S/C14H15FN4O2.ClH/c1-8(17-13(20)14(16)5-6-14)12-18-11(19-21-12)9-3-2-4-10(15)7-9;/h2-4,7-8H,5-6,16H2,1H3,(H,17,20);1H. The normalized spacial score (nSPS) is 16.5. The Morgan fingerprint density at radius 3 is 2.86 bits per heavy atom. The molecule has 1 aromatic heterocycles. The highest BCUT2D eigenvalue weighted by atomic mass is 35.5. The number of carbonyl (C=O) groups excluding carboxylic acids is 1. The van der Waals surface area contributed by atoms with Crippen LogP contribution in [-0.4, -0.2) is 21.6 Å². The van der Waals surface area contributed by atoms with E-state index in [1.54, 1.807) is 19.1 Å². The minimum Gasteiger partial charge on any atom is -0.343 e. The van der Waals surface area contributed by atoms with Gasteiger partial charge in [-0.3, -0.25) is 4.79 Å². The van der Waals surface area contributed by atoms with Crippen LogP contribution in [0.15, 0.2) is 28.8 Å². The first-order chi connectivity index (χ1) is 9.98. The Bertz CT molecular complexity index is 687. The number of nitrogens with one attached hydrogen (secondary N) is 1. The highest BCUT2D eigenvalue weighted by Gasteiger charge is 2.46. The number of halogens is 2. The van der Waals surface area contributed by atoms with E-state index >= 15 is 0 Å². The van der Waals surface area contributed by atoms with Gasteiger partial charge in [0.2, 0.25) is 17.6 Å². The molecule has 0 bridgehead atoms. The van der Waals surface area contributed by atoms with Crippen molar-refractivity contribution in [3.8, 4) is 11.4 Å². The molecule has 3 N–H and O–H groups in total. The fourth-order valence-corrected chi connectivity index (χ4v) is 1.92. The van der Waals surface area contributed by atoms with Crippen LogP contribution in [0.5, 0.6) is 0 Å². The Morgan fingerprint density at radius 1 is 1.50 bits per heavy atom. The molecule has 6 nitrogen and oxygen atoms in total. The second kappa shape index (κ2) is 6.02. The van der Waals surface area contributed by atoms with Crippen molar-refractivity contribution in [1.82, 2.24) is 15.5 Å². The first-order valence-electron chi connectivity index (χ1n) is 6.67. The van der Waals surface area contributed by atoms with E-state index in [1.165, 1.54) is 12.1 Å². The van der Waals surface area contributed by atoms with Crippen LogP contribution in [0, 0.1) is 5.82 Å². The van der Waals surface area contributed by atoms with Crippen molar-refractivity contribution in [2.75, 3.05) is 0 Å². The summed E-state index contributed by atoms with van der Waals surface area (Å²) >= 11 is 0. The van der Waals surface area contributed by atoms with Crippen molar-refractivity contribution in [1.29, 1.82) is 0 Å². The Hall–Kier alpha value is -1.99. The molecule has 1 heterocycles. The molecule has 0 radical (unpaired) electrons. The maximum Gasteiger partial charge on any atom is 0.249 e. The molecule has 1 amide bonds. The SMILES string of the molecule is CC(NC(=O)C1(N)CC1)c1nc(-c2cccc(F)c2)no1.Cl. The zero-order chi connectivity index (χ0) is 15.0. The van der Waals surface area contributed by atoms with E-state index < -0.39 is 11.6 Å². The third kappa shape index (κ3) is 3.26. The number of hydrogen-bond donors (Lipinski definition) is 2. The van der Waals surface area contributed by atoms with E-state index in [-0.39, 0.29) is 35.8 Å². The lowest BCUT2D eigenvalue weighted by molar-refractivity contribution is -0.124.